The number of allylic oxidation sites excluding steroid dienone is 1. The fourth-order valence-corrected chi connectivity index (χ4v) is 1.53. The van der Waals surface area contributed by atoms with Crippen LogP contribution in [0.5, 0.6) is 0 Å². The molecule has 0 fully saturated rings. The van der Waals surface area contributed by atoms with Crippen LogP contribution in [0.2, 0.25) is 5.02 Å². The maximum absolute atomic E-state index is 11.8. The molecule has 5 nitrogen and oxygen atoms in total. The van der Waals surface area contributed by atoms with E-state index in [4.69, 9.17) is 11.6 Å². The van der Waals surface area contributed by atoms with E-state index in [0.717, 1.165) is 0 Å². The van der Waals surface area contributed by atoms with Gasteiger partial charge < -0.3 is 0 Å². The summed E-state index contributed by atoms with van der Waals surface area (Å²) in [5.41, 5.74) is 3.07. The van der Waals surface area contributed by atoms with E-state index < -0.39 is 0 Å². The third-order valence-electron chi connectivity index (χ3n) is 2.14. The molecule has 0 saturated carbocycles. The van der Waals surface area contributed by atoms with Crippen molar-refractivity contribution in [2.75, 3.05) is 5.43 Å². The Labute approximate surface area is 103 Å². The molecule has 2 aromatic heterocycles. The number of nitrogens with zero attached hydrogens (tertiary/aromatic N) is 3. The van der Waals surface area contributed by atoms with Crippen molar-refractivity contribution in [2.45, 2.75) is 6.54 Å². The van der Waals surface area contributed by atoms with E-state index >= 15 is 0 Å². The summed E-state index contributed by atoms with van der Waals surface area (Å²) in [6.07, 6.45) is 6.69. The summed E-state index contributed by atoms with van der Waals surface area (Å²) in [6, 6.07) is 3.71. The molecule has 17 heavy (non-hydrogen) atoms. The highest BCUT2D eigenvalue weighted by atomic mass is 35.5. The van der Waals surface area contributed by atoms with Gasteiger partial charge in [0.25, 0.3) is 5.56 Å². The van der Waals surface area contributed by atoms with Crippen molar-refractivity contribution in [3.05, 3.63) is 58.8 Å². The van der Waals surface area contributed by atoms with Crippen molar-refractivity contribution in [1.29, 1.82) is 0 Å². The fraction of sp³-hybridized carbons (Fsp3) is 0.0909. The van der Waals surface area contributed by atoms with Crippen LogP contribution in [0.1, 0.15) is 0 Å². The second-order valence-corrected chi connectivity index (χ2v) is 3.73. The zero-order chi connectivity index (χ0) is 12.3. The van der Waals surface area contributed by atoms with Gasteiger partial charge in [0.15, 0.2) is 0 Å². The third kappa shape index (κ3) is 2.39. The first-order valence-electron chi connectivity index (χ1n) is 4.99. The second-order valence-electron chi connectivity index (χ2n) is 3.35. The van der Waals surface area contributed by atoms with Gasteiger partial charge in [-0.15, -0.1) is 6.58 Å². The van der Waals surface area contributed by atoms with Crippen LogP contribution in [0.15, 0.2) is 48.2 Å². The van der Waals surface area contributed by atoms with Crippen molar-refractivity contribution >= 4 is 17.3 Å². The van der Waals surface area contributed by atoms with Crippen LogP contribution >= 0.6 is 11.6 Å². The molecule has 0 unspecified atom stereocenters. The molecule has 0 saturated heterocycles. The fourth-order valence-electron chi connectivity index (χ4n) is 1.34. The molecule has 0 aliphatic rings. The first kappa shape index (κ1) is 11.5. The van der Waals surface area contributed by atoms with E-state index in [1.165, 1.54) is 10.9 Å². The Bertz CT molecular complexity index is 574. The molecule has 0 radical (unpaired) electrons. The van der Waals surface area contributed by atoms with Gasteiger partial charge in [-0.1, -0.05) is 17.7 Å². The van der Waals surface area contributed by atoms with Crippen molar-refractivity contribution in [3.8, 4) is 0 Å². The lowest BCUT2D eigenvalue weighted by Crippen LogP contribution is -2.24. The normalized spacial score (nSPS) is 10.2. The van der Waals surface area contributed by atoms with E-state index in [1.54, 1.807) is 23.1 Å². The van der Waals surface area contributed by atoms with Gasteiger partial charge in [0, 0.05) is 12.4 Å². The van der Waals surface area contributed by atoms with E-state index in [-0.39, 0.29) is 10.6 Å². The number of aromatic nitrogens is 3. The third-order valence-corrected chi connectivity index (χ3v) is 2.51. The van der Waals surface area contributed by atoms with Gasteiger partial charge in [0.1, 0.15) is 5.02 Å². The van der Waals surface area contributed by atoms with Gasteiger partial charge in [-0.05, 0) is 12.1 Å². The molecule has 0 aromatic carbocycles. The zero-order valence-electron chi connectivity index (χ0n) is 9.01. The summed E-state index contributed by atoms with van der Waals surface area (Å²) in [5, 5.41) is 4.09. The van der Waals surface area contributed by atoms with Crippen molar-refractivity contribution in [2.24, 2.45) is 0 Å². The monoisotopic (exact) mass is 250 g/mol. The number of nitrogens with one attached hydrogen (secondary N) is 1. The summed E-state index contributed by atoms with van der Waals surface area (Å²) < 4.78 is 2.93. The summed E-state index contributed by atoms with van der Waals surface area (Å²) in [7, 11) is 0. The van der Waals surface area contributed by atoms with Gasteiger partial charge in [-0.25, -0.2) is 4.68 Å². The van der Waals surface area contributed by atoms with Crippen LogP contribution in [0, 0.1) is 0 Å². The Balaban J connectivity index is 2.34. The predicted molar refractivity (Wildman–Crippen MR) is 67.2 cm³/mol. The average Bonchev–Trinajstić information content (AvgIpc) is 2.82. The molecular weight excluding hydrogens is 240 g/mol. The molecule has 2 aromatic rings. The molecule has 0 amide bonds. The van der Waals surface area contributed by atoms with Crippen LogP contribution in [0.3, 0.4) is 0 Å². The Morgan fingerprint density at radius 1 is 1.47 bits per heavy atom. The Morgan fingerprint density at radius 3 is 2.82 bits per heavy atom. The molecule has 0 aliphatic carbocycles. The van der Waals surface area contributed by atoms with Gasteiger partial charge >= 0.3 is 0 Å². The maximum Gasteiger partial charge on any atom is 0.288 e. The molecule has 88 valence electrons. The smallest absolute Gasteiger partial charge is 0.288 e. The quantitative estimate of drug-likeness (QED) is 0.842. The first-order valence-corrected chi connectivity index (χ1v) is 5.36. The lowest BCUT2D eigenvalue weighted by Gasteiger charge is -2.09. The van der Waals surface area contributed by atoms with Gasteiger partial charge in [0.2, 0.25) is 0 Å². The molecule has 0 aliphatic heterocycles. The topological polar surface area (TPSA) is 51.9 Å². The van der Waals surface area contributed by atoms with Crippen molar-refractivity contribution in [3.63, 3.8) is 0 Å². The zero-order valence-corrected chi connectivity index (χ0v) is 9.76. The minimum absolute atomic E-state index is 0.107. The van der Waals surface area contributed by atoms with E-state index in [1.807, 2.05) is 12.1 Å². The van der Waals surface area contributed by atoms with Crippen LogP contribution < -0.4 is 11.0 Å². The van der Waals surface area contributed by atoms with E-state index in [9.17, 15) is 4.79 Å². The maximum atomic E-state index is 11.8. The average molecular weight is 251 g/mol. The number of rotatable bonds is 4. The Morgan fingerprint density at radius 2 is 2.18 bits per heavy atom. The summed E-state index contributed by atoms with van der Waals surface area (Å²) in [5.74, 6) is 0. The van der Waals surface area contributed by atoms with Crippen molar-refractivity contribution in [1.82, 2.24) is 14.5 Å². The largest absolute Gasteiger partial charge is 0.292 e. The minimum Gasteiger partial charge on any atom is -0.292 e. The molecule has 1 N–H and O–H groups in total. The molecule has 0 bridgehead atoms. The lowest BCUT2D eigenvalue weighted by molar-refractivity contribution is 0.652. The molecule has 2 heterocycles. The number of halogens is 1. The highest BCUT2D eigenvalue weighted by Crippen LogP contribution is 2.15. The van der Waals surface area contributed by atoms with Crippen molar-refractivity contribution < 1.29 is 0 Å². The second kappa shape index (κ2) is 4.88. The summed E-state index contributed by atoms with van der Waals surface area (Å²) in [4.78, 5) is 11.8. The molecule has 0 atom stereocenters. The summed E-state index contributed by atoms with van der Waals surface area (Å²) in [6.45, 7) is 3.88. The number of hydrogen-bond acceptors (Lipinski definition) is 3. The molecule has 2 rings (SSSR count). The van der Waals surface area contributed by atoms with E-state index in [2.05, 4.69) is 17.1 Å². The number of hydrogen-bond donors (Lipinski definition) is 1. The van der Waals surface area contributed by atoms with Crippen LogP contribution in [-0.4, -0.2) is 14.5 Å². The predicted octanol–water partition coefficient (Wildman–Crippen LogP) is 1.76. The Kier molecular flexibility index (Phi) is 3.30. The Hall–Kier alpha value is -2.01. The van der Waals surface area contributed by atoms with Crippen LogP contribution in [0.25, 0.3) is 0 Å². The van der Waals surface area contributed by atoms with Crippen LogP contribution in [0.4, 0.5) is 5.69 Å². The molecule has 6 heteroatoms. The SMILES string of the molecule is C=CCn1ncc(Nn2cccc2)c(Cl)c1=O. The minimum atomic E-state index is -0.344. The van der Waals surface area contributed by atoms with E-state index in [0.29, 0.717) is 12.2 Å². The highest BCUT2D eigenvalue weighted by Gasteiger charge is 2.08. The lowest BCUT2D eigenvalue weighted by atomic mass is 10.4. The number of anilines is 1. The molecular formula is C11H11ClN4O. The standard InChI is InChI=1S/C11H11ClN4O/c1-2-5-16-11(17)10(12)9(8-13-16)14-15-6-3-4-7-15/h2-4,6-8,14H,1,5H2. The van der Waals surface area contributed by atoms with Crippen LogP contribution in [-0.2, 0) is 6.54 Å². The highest BCUT2D eigenvalue weighted by molar-refractivity contribution is 6.32. The molecule has 0 spiro atoms. The van der Waals surface area contributed by atoms with Gasteiger partial charge in [-0.3, -0.25) is 14.9 Å². The van der Waals surface area contributed by atoms with Gasteiger partial charge in [0.05, 0.1) is 18.4 Å². The first-order chi connectivity index (χ1) is 8.22. The summed E-state index contributed by atoms with van der Waals surface area (Å²) >= 11 is 5.97. The van der Waals surface area contributed by atoms with Gasteiger partial charge in [-0.2, -0.15) is 5.10 Å².